The molecular formula is C15H25N3O. The second-order valence-electron chi connectivity index (χ2n) is 6.08. The first-order valence-electron chi connectivity index (χ1n) is 6.81. The maximum Gasteiger partial charge on any atom is 0.251 e. The minimum Gasteiger partial charge on any atom is -0.384 e. The smallest absolute Gasteiger partial charge is 0.251 e. The summed E-state index contributed by atoms with van der Waals surface area (Å²) in [6.45, 7) is 10.4. The molecule has 1 aromatic heterocycles. The maximum atomic E-state index is 12.2. The Kier molecular flexibility index (Phi) is 4.92. The van der Waals surface area contributed by atoms with Crippen LogP contribution in [0.2, 0.25) is 0 Å². The fourth-order valence-corrected chi connectivity index (χ4v) is 1.62. The third kappa shape index (κ3) is 4.54. The summed E-state index contributed by atoms with van der Waals surface area (Å²) in [5.74, 6) is 0.313. The zero-order valence-electron chi connectivity index (χ0n) is 12.6. The van der Waals surface area contributed by atoms with Crippen molar-refractivity contribution in [2.75, 3.05) is 5.73 Å². The maximum absolute atomic E-state index is 12.2. The Morgan fingerprint density at radius 1 is 1.42 bits per heavy atom. The average molecular weight is 263 g/mol. The Labute approximate surface area is 115 Å². The van der Waals surface area contributed by atoms with Crippen molar-refractivity contribution < 1.29 is 4.79 Å². The third-order valence-corrected chi connectivity index (χ3v) is 3.31. The second-order valence-corrected chi connectivity index (χ2v) is 6.08. The van der Waals surface area contributed by atoms with Crippen molar-refractivity contribution in [1.82, 2.24) is 10.3 Å². The van der Waals surface area contributed by atoms with Gasteiger partial charge >= 0.3 is 0 Å². The molecule has 19 heavy (non-hydrogen) atoms. The summed E-state index contributed by atoms with van der Waals surface area (Å²) in [5.41, 5.74) is 7.24. The molecule has 0 aliphatic heterocycles. The van der Waals surface area contributed by atoms with Crippen LogP contribution in [0.1, 0.15) is 57.1 Å². The van der Waals surface area contributed by atoms with Crippen molar-refractivity contribution in [1.29, 1.82) is 0 Å². The molecular weight excluding hydrogens is 238 g/mol. The number of pyridine rings is 1. The molecule has 4 nitrogen and oxygen atoms in total. The summed E-state index contributed by atoms with van der Waals surface area (Å²) in [4.78, 5) is 16.4. The van der Waals surface area contributed by atoms with Crippen LogP contribution in [0.3, 0.4) is 0 Å². The van der Waals surface area contributed by atoms with Crippen LogP contribution in [0.15, 0.2) is 12.1 Å². The van der Waals surface area contributed by atoms with E-state index in [4.69, 9.17) is 5.73 Å². The Morgan fingerprint density at radius 2 is 2.05 bits per heavy atom. The van der Waals surface area contributed by atoms with Gasteiger partial charge in [-0.15, -0.1) is 0 Å². The number of nitrogens with one attached hydrogen (secondary N) is 1. The molecule has 1 amide bonds. The van der Waals surface area contributed by atoms with E-state index in [0.717, 1.165) is 18.5 Å². The number of amides is 1. The molecule has 0 saturated heterocycles. The molecule has 1 aromatic rings. The van der Waals surface area contributed by atoms with Crippen molar-refractivity contribution in [3.05, 3.63) is 23.4 Å². The summed E-state index contributed by atoms with van der Waals surface area (Å²) in [5, 5.41) is 3.01. The number of rotatable bonds is 4. The molecule has 0 bridgehead atoms. The predicted molar refractivity (Wildman–Crippen MR) is 79.0 cm³/mol. The molecule has 0 aromatic carbocycles. The van der Waals surface area contributed by atoms with E-state index in [-0.39, 0.29) is 17.4 Å². The Hall–Kier alpha value is -1.58. The zero-order chi connectivity index (χ0) is 14.6. The van der Waals surface area contributed by atoms with Gasteiger partial charge in [0.25, 0.3) is 5.91 Å². The number of aryl methyl sites for hydroxylation is 1. The number of carbonyl (C=O) groups excluding carboxylic acids is 1. The van der Waals surface area contributed by atoms with Gasteiger partial charge in [-0.2, -0.15) is 0 Å². The molecule has 106 valence electrons. The number of hydrogen-bond donors (Lipinski definition) is 2. The SMILES string of the molecule is CCCc1cc(C(=O)NC(C)C(C)(C)C)cc(N)n1. The van der Waals surface area contributed by atoms with Gasteiger partial charge in [0.15, 0.2) is 0 Å². The van der Waals surface area contributed by atoms with Crippen molar-refractivity contribution in [3.8, 4) is 0 Å². The van der Waals surface area contributed by atoms with E-state index >= 15 is 0 Å². The molecule has 0 fully saturated rings. The van der Waals surface area contributed by atoms with Gasteiger partial charge in [-0.25, -0.2) is 4.98 Å². The lowest BCUT2D eigenvalue weighted by atomic mass is 9.88. The Balaban J connectivity index is 2.88. The van der Waals surface area contributed by atoms with Gasteiger partial charge in [-0.3, -0.25) is 4.79 Å². The monoisotopic (exact) mass is 263 g/mol. The van der Waals surface area contributed by atoms with Crippen LogP contribution >= 0.6 is 0 Å². The molecule has 3 N–H and O–H groups in total. The largest absolute Gasteiger partial charge is 0.384 e. The quantitative estimate of drug-likeness (QED) is 0.877. The molecule has 1 rings (SSSR count). The van der Waals surface area contributed by atoms with Gasteiger partial charge in [0.2, 0.25) is 0 Å². The van der Waals surface area contributed by atoms with Crippen molar-refractivity contribution in [2.45, 2.75) is 53.5 Å². The van der Waals surface area contributed by atoms with Crippen LogP contribution in [0.25, 0.3) is 0 Å². The number of nitrogens with two attached hydrogens (primary N) is 1. The van der Waals surface area contributed by atoms with Crippen molar-refractivity contribution in [3.63, 3.8) is 0 Å². The highest BCUT2D eigenvalue weighted by Crippen LogP contribution is 2.19. The summed E-state index contributed by atoms with van der Waals surface area (Å²) >= 11 is 0. The number of nitrogen functional groups attached to an aromatic ring is 1. The summed E-state index contributed by atoms with van der Waals surface area (Å²) < 4.78 is 0. The fourth-order valence-electron chi connectivity index (χ4n) is 1.62. The summed E-state index contributed by atoms with van der Waals surface area (Å²) in [7, 11) is 0. The highest BCUT2D eigenvalue weighted by atomic mass is 16.1. The van der Waals surface area contributed by atoms with Crippen LogP contribution < -0.4 is 11.1 Å². The number of anilines is 1. The summed E-state index contributed by atoms with van der Waals surface area (Å²) in [6.07, 6.45) is 1.82. The minimum atomic E-state index is -0.0890. The van der Waals surface area contributed by atoms with Gasteiger partial charge in [0.1, 0.15) is 5.82 Å². The molecule has 0 radical (unpaired) electrons. The first-order chi connectivity index (χ1) is 8.74. The van der Waals surface area contributed by atoms with E-state index in [2.05, 4.69) is 38.0 Å². The number of aromatic nitrogens is 1. The zero-order valence-corrected chi connectivity index (χ0v) is 12.6. The van der Waals surface area contributed by atoms with Gasteiger partial charge in [-0.05, 0) is 30.9 Å². The Morgan fingerprint density at radius 3 is 2.58 bits per heavy atom. The van der Waals surface area contributed by atoms with E-state index in [1.165, 1.54) is 0 Å². The van der Waals surface area contributed by atoms with Crippen LogP contribution in [0.5, 0.6) is 0 Å². The van der Waals surface area contributed by atoms with Crippen LogP contribution in [0.4, 0.5) is 5.82 Å². The second kappa shape index (κ2) is 6.04. The lowest BCUT2D eigenvalue weighted by molar-refractivity contribution is 0.0910. The van der Waals surface area contributed by atoms with E-state index < -0.39 is 0 Å². The third-order valence-electron chi connectivity index (χ3n) is 3.31. The number of hydrogen-bond acceptors (Lipinski definition) is 3. The van der Waals surface area contributed by atoms with Crippen molar-refractivity contribution in [2.24, 2.45) is 5.41 Å². The molecule has 0 saturated carbocycles. The van der Waals surface area contributed by atoms with Gasteiger partial charge in [0.05, 0.1) is 0 Å². The van der Waals surface area contributed by atoms with E-state index in [0.29, 0.717) is 11.4 Å². The lowest BCUT2D eigenvalue weighted by Crippen LogP contribution is -2.41. The van der Waals surface area contributed by atoms with Crippen molar-refractivity contribution >= 4 is 11.7 Å². The normalized spacial score (nSPS) is 13.1. The molecule has 1 unspecified atom stereocenters. The molecule has 0 aliphatic carbocycles. The number of carbonyl (C=O) groups is 1. The van der Waals surface area contributed by atoms with Crippen LogP contribution in [0, 0.1) is 5.41 Å². The molecule has 0 spiro atoms. The minimum absolute atomic E-state index is 0.0283. The highest BCUT2D eigenvalue weighted by molar-refractivity contribution is 5.95. The average Bonchev–Trinajstić information content (AvgIpc) is 2.27. The number of nitrogens with zero attached hydrogens (tertiary/aromatic N) is 1. The molecule has 1 atom stereocenters. The topological polar surface area (TPSA) is 68.0 Å². The van der Waals surface area contributed by atoms with E-state index in [9.17, 15) is 4.79 Å². The molecule has 0 aliphatic rings. The lowest BCUT2D eigenvalue weighted by Gasteiger charge is -2.28. The van der Waals surface area contributed by atoms with Crippen LogP contribution in [-0.2, 0) is 6.42 Å². The van der Waals surface area contributed by atoms with Crippen LogP contribution in [-0.4, -0.2) is 16.9 Å². The van der Waals surface area contributed by atoms with E-state index in [1.807, 2.05) is 13.0 Å². The molecule has 4 heteroatoms. The first-order valence-corrected chi connectivity index (χ1v) is 6.81. The molecule has 1 heterocycles. The van der Waals surface area contributed by atoms with Gasteiger partial charge in [-0.1, -0.05) is 34.1 Å². The standard InChI is InChI=1S/C15H25N3O/c1-6-7-12-8-11(9-13(16)18-12)14(19)17-10(2)15(3,4)5/h8-10H,6-7H2,1-5H3,(H2,16,18)(H,17,19). The Bertz CT molecular complexity index is 449. The first kappa shape index (κ1) is 15.5. The van der Waals surface area contributed by atoms with Gasteiger partial charge < -0.3 is 11.1 Å². The predicted octanol–water partition coefficient (Wildman–Crippen LogP) is 2.78. The van der Waals surface area contributed by atoms with E-state index in [1.54, 1.807) is 6.07 Å². The highest BCUT2D eigenvalue weighted by Gasteiger charge is 2.22. The van der Waals surface area contributed by atoms with Gasteiger partial charge in [0, 0.05) is 17.3 Å². The fraction of sp³-hybridized carbons (Fsp3) is 0.600. The summed E-state index contributed by atoms with van der Waals surface area (Å²) in [6, 6.07) is 3.54.